The third-order valence-electron chi connectivity index (χ3n) is 5.49. The second-order valence-electron chi connectivity index (χ2n) is 8.14. The van der Waals surface area contributed by atoms with E-state index in [2.05, 4.69) is 5.32 Å². The van der Waals surface area contributed by atoms with Gasteiger partial charge in [-0.05, 0) is 49.1 Å². The van der Waals surface area contributed by atoms with Crippen LogP contribution in [-0.4, -0.2) is 57.1 Å². The molecule has 1 atom stereocenters. The number of unbranched alkanes of at least 4 members (excludes halogenated alkanes) is 1. The Balaban J connectivity index is 2.31. The SMILES string of the molecule is CCCCNC(=O)[C@@H](CC)N(CCc1ccccc1)C(=O)CN(c1ccc(Cl)cc1)S(C)(=O)=O. The number of sulfonamides is 1. The molecule has 1 N–H and O–H groups in total. The zero-order chi connectivity index (χ0) is 25.1. The second kappa shape index (κ2) is 13.3. The van der Waals surface area contributed by atoms with Crippen LogP contribution in [0.4, 0.5) is 5.69 Å². The number of carbonyl (C=O) groups is 2. The van der Waals surface area contributed by atoms with Crippen LogP contribution in [0.5, 0.6) is 0 Å². The van der Waals surface area contributed by atoms with Gasteiger partial charge < -0.3 is 10.2 Å². The molecule has 186 valence electrons. The fourth-order valence-corrected chi connectivity index (χ4v) is 4.60. The molecule has 0 fully saturated rings. The number of anilines is 1. The Morgan fingerprint density at radius 2 is 1.68 bits per heavy atom. The average molecular weight is 508 g/mol. The van der Waals surface area contributed by atoms with Gasteiger partial charge in [-0.25, -0.2) is 8.42 Å². The minimum absolute atomic E-state index is 0.227. The molecular formula is C25H34ClN3O4S. The number of rotatable bonds is 13. The van der Waals surface area contributed by atoms with Crippen molar-refractivity contribution < 1.29 is 18.0 Å². The predicted octanol–water partition coefficient (Wildman–Crippen LogP) is 3.87. The van der Waals surface area contributed by atoms with Gasteiger partial charge in [0.2, 0.25) is 21.8 Å². The summed E-state index contributed by atoms with van der Waals surface area (Å²) in [5, 5.41) is 3.37. The first-order valence-corrected chi connectivity index (χ1v) is 13.7. The summed E-state index contributed by atoms with van der Waals surface area (Å²) in [5.74, 6) is -0.663. The molecule has 34 heavy (non-hydrogen) atoms. The van der Waals surface area contributed by atoms with E-state index in [1.54, 1.807) is 24.3 Å². The summed E-state index contributed by atoms with van der Waals surface area (Å²) >= 11 is 5.95. The van der Waals surface area contributed by atoms with Crippen LogP contribution in [0.2, 0.25) is 5.02 Å². The van der Waals surface area contributed by atoms with Crippen molar-refractivity contribution in [2.24, 2.45) is 0 Å². The van der Waals surface area contributed by atoms with Crippen molar-refractivity contribution >= 4 is 39.1 Å². The Kier molecular flexibility index (Phi) is 10.9. The maximum Gasteiger partial charge on any atom is 0.244 e. The van der Waals surface area contributed by atoms with Gasteiger partial charge in [0.15, 0.2) is 0 Å². The third-order valence-corrected chi connectivity index (χ3v) is 6.89. The van der Waals surface area contributed by atoms with Crippen molar-refractivity contribution in [2.75, 3.05) is 30.2 Å². The number of carbonyl (C=O) groups excluding carboxylic acids is 2. The quantitative estimate of drug-likeness (QED) is 0.417. The van der Waals surface area contributed by atoms with Crippen molar-refractivity contribution in [2.45, 2.75) is 45.6 Å². The molecule has 2 aromatic rings. The number of benzene rings is 2. The Morgan fingerprint density at radius 3 is 2.24 bits per heavy atom. The minimum Gasteiger partial charge on any atom is -0.354 e. The van der Waals surface area contributed by atoms with Gasteiger partial charge >= 0.3 is 0 Å². The Labute approximate surface area is 208 Å². The van der Waals surface area contributed by atoms with E-state index < -0.39 is 28.5 Å². The van der Waals surface area contributed by atoms with Crippen LogP contribution in [0.1, 0.15) is 38.7 Å². The lowest BCUT2D eigenvalue weighted by molar-refractivity contribution is -0.139. The molecule has 0 saturated carbocycles. The summed E-state index contributed by atoms with van der Waals surface area (Å²) in [7, 11) is -3.75. The van der Waals surface area contributed by atoms with Crippen LogP contribution in [0.25, 0.3) is 0 Å². The van der Waals surface area contributed by atoms with Crippen LogP contribution in [0.15, 0.2) is 54.6 Å². The van der Waals surface area contributed by atoms with Gasteiger partial charge in [-0.1, -0.05) is 62.2 Å². The van der Waals surface area contributed by atoms with Crippen LogP contribution in [0.3, 0.4) is 0 Å². The maximum atomic E-state index is 13.5. The Bertz CT molecular complexity index is 1030. The third kappa shape index (κ3) is 8.33. The van der Waals surface area contributed by atoms with E-state index in [4.69, 9.17) is 11.6 Å². The van der Waals surface area contributed by atoms with E-state index in [1.807, 2.05) is 44.2 Å². The first-order chi connectivity index (χ1) is 16.2. The van der Waals surface area contributed by atoms with E-state index in [1.165, 1.54) is 4.90 Å². The fourth-order valence-electron chi connectivity index (χ4n) is 3.62. The number of hydrogen-bond donors (Lipinski definition) is 1. The molecule has 0 aliphatic rings. The number of amides is 2. The molecular weight excluding hydrogens is 474 g/mol. The van der Waals surface area contributed by atoms with Gasteiger partial charge in [0.1, 0.15) is 12.6 Å². The molecule has 0 saturated heterocycles. The summed E-state index contributed by atoms with van der Waals surface area (Å²) in [4.78, 5) is 28.0. The highest BCUT2D eigenvalue weighted by molar-refractivity contribution is 7.92. The summed E-state index contributed by atoms with van der Waals surface area (Å²) < 4.78 is 26.1. The van der Waals surface area contributed by atoms with E-state index >= 15 is 0 Å². The van der Waals surface area contributed by atoms with Crippen molar-refractivity contribution in [3.8, 4) is 0 Å². The first kappa shape index (κ1) is 27.7. The molecule has 0 unspecified atom stereocenters. The summed E-state index contributed by atoms with van der Waals surface area (Å²) in [5.41, 5.74) is 1.36. The minimum atomic E-state index is -3.75. The van der Waals surface area contributed by atoms with Gasteiger partial charge in [-0.3, -0.25) is 13.9 Å². The van der Waals surface area contributed by atoms with E-state index in [9.17, 15) is 18.0 Å². The number of nitrogens with one attached hydrogen (secondary N) is 1. The molecule has 0 spiro atoms. The normalized spacial score (nSPS) is 12.1. The van der Waals surface area contributed by atoms with E-state index in [0.717, 1.165) is 29.0 Å². The van der Waals surface area contributed by atoms with Gasteiger partial charge in [-0.15, -0.1) is 0 Å². The maximum absolute atomic E-state index is 13.5. The average Bonchev–Trinajstić information content (AvgIpc) is 2.80. The number of halogens is 1. The molecule has 0 heterocycles. The number of nitrogens with zero attached hydrogens (tertiary/aromatic N) is 2. The lowest BCUT2D eigenvalue weighted by Crippen LogP contribution is -2.53. The molecule has 0 bridgehead atoms. The molecule has 0 radical (unpaired) electrons. The highest BCUT2D eigenvalue weighted by Gasteiger charge is 2.31. The largest absolute Gasteiger partial charge is 0.354 e. The summed E-state index contributed by atoms with van der Waals surface area (Å²) in [6.45, 7) is 4.30. The lowest BCUT2D eigenvalue weighted by atomic mass is 10.1. The standard InChI is InChI=1S/C25H34ClN3O4S/c1-4-6-17-27-25(31)23(5-2)28(18-16-20-10-8-7-9-11-20)24(30)19-29(34(3,32)33)22-14-12-21(26)13-15-22/h7-15,23H,4-6,16-19H2,1-3H3,(H,27,31)/t23-/m1/s1. The molecule has 0 aromatic heterocycles. The smallest absolute Gasteiger partial charge is 0.244 e. The van der Waals surface area contributed by atoms with E-state index in [0.29, 0.717) is 36.6 Å². The second-order valence-corrected chi connectivity index (χ2v) is 10.5. The monoisotopic (exact) mass is 507 g/mol. The zero-order valence-corrected chi connectivity index (χ0v) is 21.6. The van der Waals surface area contributed by atoms with Crippen molar-refractivity contribution in [1.29, 1.82) is 0 Å². The van der Waals surface area contributed by atoms with Crippen molar-refractivity contribution in [1.82, 2.24) is 10.2 Å². The topological polar surface area (TPSA) is 86.8 Å². The molecule has 0 aliphatic heterocycles. The summed E-state index contributed by atoms with van der Waals surface area (Å²) in [6.07, 6.45) is 3.80. The van der Waals surface area contributed by atoms with Crippen LogP contribution in [-0.2, 0) is 26.0 Å². The van der Waals surface area contributed by atoms with Crippen molar-refractivity contribution in [3.05, 3.63) is 65.2 Å². The Hall–Kier alpha value is -2.58. The number of hydrogen-bond acceptors (Lipinski definition) is 4. The first-order valence-electron chi connectivity index (χ1n) is 11.5. The molecule has 7 nitrogen and oxygen atoms in total. The zero-order valence-electron chi connectivity index (χ0n) is 20.0. The lowest BCUT2D eigenvalue weighted by Gasteiger charge is -2.32. The van der Waals surface area contributed by atoms with Gasteiger partial charge in [0.05, 0.1) is 11.9 Å². The van der Waals surface area contributed by atoms with Crippen LogP contribution < -0.4 is 9.62 Å². The molecule has 2 rings (SSSR count). The Morgan fingerprint density at radius 1 is 1.03 bits per heavy atom. The molecule has 2 amide bonds. The van der Waals surface area contributed by atoms with Gasteiger partial charge in [0.25, 0.3) is 0 Å². The van der Waals surface area contributed by atoms with Gasteiger partial charge in [0, 0.05) is 18.1 Å². The molecule has 0 aliphatic carbocycles. The van der Waals surface area contributed by atoms with E-state index in [-0.39, 0.29) is 5.91 Å². The fraction of sp³-hybridized carbons (Fsp3) is 0.440. The van der Waals surface area contributed by atoms with Crippen molar-refractivity contribution in [3.63, 3.8) is 0 Å². The van der Waals surface area contributed by atoms with Crippen LogP contribution >= 0.6 is 11.6 Å². The molecule has 2 aromatic carbocycles. The summed E-state index contributed by atoms with van der Waals surface area (Å²) in [6, 6.07) is 15.2. The highest BCUT2D eigenvalue weighted by Crippen LogP contribution is 2.21. The van der Waals surface area contributed by atoms with Crippen LogP contribution in [0, 0.1) is 0 Å². The highest BCUT2D eigenvalue weighted by atomic mass is 35.5. The predicted molar refractivity (Wildman–Crippen MR) is 137 cm³/mol. The molecule has 9 heteroatoms. The van der Waals surface area contributed by atoms with Gasteiger partial charge in [-0.2, -0.15) is 0 Å².